The van der Waals surface area contributed by atoms with Crippen molar-refractivity contribution in [3.8, 4) is 0 Å². The van der Waals surface area contributed by atoms with Crippen molar-refractivity contribution in [1.82, 2.24) is 0 Å². The zero-order valence-corrected chi connectivity index (χ0v) is 62.7. The third kappa shape index (κ3) is 67.0. The molecule has 0 heterocycles. The summed E-state index contributed by atoms with van der Waals surface area (Å²) in [6, 6.07) is 0. The molecule has 0 amide bonds. The lowest BCUT2D eigenvalue weighted by molar-refractivity contribution is -0.161. The Morgan fingerprint density at radius 3 is 0.763 bits per heavy atom. The highest BCUT2D eigenvalue weighted by molar-refractivity contribution is 7.47. The first-order valence-corrected chi connectivity index (χ1v) is 41.2. The van der Waals surface area contributed by atoms with Crippen LogP contribution in [0.2, 0.25) is 0 Å². The molecule has 17 nitrogen and oxygen atoms in total. The van der Waals surface area contributed by atoms with E-state index in [0.717, 1.165) is 120 Å². The summed E-state index contributed by atoms with van der Waals surface area (Å²) in [7, 11) is -9.91. The number of phosphoric acid groups is 2. The molecule has 0 fully saturated rings. The highest BCUT2D eigenvalue weighted by atomic mass is 31.2. The van der Waals surface area contributed by atoms with E-state index in [4.69, 9.17) is 37.0 Å². The minimum Gasteiger partial charge on any atom is -0.462 e. The number of carbonyl (C=O) groups excluding carboxylic acids is 4. The van der Waals surface area contributed by atoms with Gasteiger partial charge in [0.05, 0.1) is 26.4 Å². The van der Waals surface area contributed by atoms with Gasteiger partial charge >= 0.3 is 39.5 Å². The molecule has 0 aliphatic heterocycles. The van der Waals surface area contributed by atoms with Gasteiger partial charge in [0.2, 0.25) is 0 Å². The van der Waals surface area contributed by atoms with Gasteiger partial charge in [-0.15, -0.1) is 0 Å². The van der Waals surface area contributed by atoms with Crippen LogP contribution in [0.3, 0.4) is 0 Å². The highest BCUT2D eigenvalue weighted by Gasteiger charge is 2.30. The Kier molecular flexibility index (Phi) is 62.2. The molecule has 0 aliphatic rings. The quantitative estimate of drug-likeness (QED) is 0.0222. The predicted molar refractivity (Wildman–Crippen MR) is 377 cm³/mol. The SMILES string of the molecule is CCC(C)CCCCCCCCC(=O)OC[C@H](COP(=O)(O)OC[C@H](O)COP(=O)(O)OC[C@@H](COC(=O)CCCCCCCCCCCCCCCCCC(C)C)OC(=O)CCCCCCCCCCCCCC(C)C)OC(=O)CCCCCCCCCCC(C)C. The molecule has 0 aliphatic carbocycles. The van der Waals surface area contributed by atoms with Crippen LogP contribution < -0.4 is 0 Å². The number of esters is 4. The van der Waals surface area contributed by atoms with Crippen LogP contribution in [0.15, 0.2) is 0 Å². The van der Waals surface area contributed by atoms with Crippen molar-refractivity contribution < 1.29 is 80.2 Å². The molecule has 6 atom stereocenters. The molecule has 0 saturated carbocycles. The fourth-order valence-corrected chi connectivity index (χ4v) is 12.7. The van der Waals surface area contributed by atoms with Crippen LogP contribution in [-0.2, 0) is 65.4 Å². The Bertz CT molecular complexity index is 1840. The van der Waals surface area contributed by atoms with Gasteiger partial charge < -0.3 is 33.8 Å². The second-order valence-corrected chi connectivity index (χ2v) is 31.3. The van der Waals surface area contributed by atoms with Crippen molar-refractivity contribution >= 4 is 39.5 Å². The average molecular weight is 1370 g/mol. The molecule has 3 N–H and O–H groups in total. The predicted octanol–water partition coefficient (Wildman–Crippen LogP) is 21.3. The second kappa shape index (κ2) is 63.5. The minimum absolute atomic E-state index is 0.103. The molecule has 0 radical (unpaired) electrons. The Morgan fingerprint density at radius 2 is 0.516 bits per heavy atom. The Balaban J connectivity index is 5.23. The van der Waals surface area contributed by atoms with Crippen LogP contribution in [0.4, 0.5) is 0 Å². The topological polar surface area (TPSA) is 237 Å². The fourth-order valence-electron chi connectivity index (χ4n) is 11.2. The van der Waals surface area contributed by atoms with E-state index in [-0.39, 0.29) is 25.7 Å². The lowest BCUT2D eigenvalue weighted by atomic mass is 10.00. The number of unbranched alkanes of at least 4 members (excludes halogenated alkanes) is 36. The maximum absolute atomic E-state index is 13.1. The molecule has 19 heteroatoms. The summed E-state index contributed by atoms with van der Waals surface area (Å²) in [5.74, 6) is 0.895. The van der Waals surface area contributed by atoms with E-state index in [2.05, 4.69) is 55.4 Å². The smallest absolute Gasteiger partial charge is 0.462 e. The first-order chi connectivity index (χ1) is 44.6. The summed E-state index contributed by atoms with van der Waals surface area (Å²) in [6.07, 6.45) is 47.3. The van der Waals surface area contributed by atoms with Gasteiger partial charge in [-0.3, -0.25) is 37.3 Å². The molecule has 0 spiro atoms. The molecule has 93 heavy (non-hydrogen) atoms. The molecular formula is C74H144O17P2. The number of hydrogen-bond donors (Lipinski definition) is 3. The molecule has 0 rings (SSSR count). The van der Waals surface area contributed by atoms with Crippen LogP contribution in [0.1, 0.15) is 370 Å². The van der Waals surface area contributed by atoms with Gasteiger partial charge in [-0.2, -0.15) is 0 Å². The Labute approximate surface area is 568 Å². The van der Waals surface area contributed by atoms with E-state index in [1.165, 1.54) is 167 Å². The summed E-state index contributed by atoms with van der Waals surface area (Å²) in [5.41, 5.74) is 0. The first-order valence-electron chi connectivity index (χ1n) is 38.2. The second-order valence-electron chi connectivity index (χ2n) is 28.4. The summed E-state index contributed by atoms with van der Waals surface area (Å²) in [4.78, 5) is 72.7. The standard InChI is InChI=1S/C74H144O17P2/c1-9-67(8)53-45-37-32-33-39-47-55-72(77)85-61-70(91-74(79)57-49-41-31-25-24-28-36-44-52-66(6)7)63-89-93(82,83)87-59-68(75)58-86-92(80,81)88-62-69(90-73(78)56-48-40-30-23-19-15-17-21-27-35-43-51-65(4)5)60-84-71(76)54-46-38-29-22-18-14-12-10-11-13-16-20-26-34-42-50-64(2)3/h64-70,75H,9-63H2,1-8H3,(H,80,81)(H,82,83)/t67?,68-,69-,70-/m1/s1. The maximum atomic E-state index is 13.1. The third-order valence-corrected chi connectivity index (χ3v) is 19.3. The van der Waals surface area contributed by atoms with Crippen LogP contribution in [0, 0.1) is 23.7 Å². The molecule has 3 unspecified atom stereocenters. The molecule has 0 aromatic rings. The number of phosphoric ester groups is 2. The largest absolute Gasteiger partial charge is 0.472 e. The maximum Gasteiger partial charge on any atom is 0.472 e. The van der Waals surface area contributed by atoms with E-state index in [9.17, 15) is 43.2 Å². The first kappa shape index (κ1) is 91.1. The number of hydrogen-bond acceptors (Lipinski definition) is 15. The van der Waals surface area contributed by atoms with Gasteiger partial charge in [-0.05, 0) is 49.4 Å². The van der Waals surface area contributed by atoms with Crippen molar-refractivity contribution in [1.29, 1.82) is 0 Å². The van der Waals surface area contributed by atoms with Crippen molar-refractivity contribution in [2.45, 2.75) is 388 Å². The van der Waals surface area contributed by atoms with E-state index >= 15 is 0 Å². The average Bonchev–Trinajstić information content (AvgIpc) is 2.08. The summed E-state index contributed by atoms with van der Waals surface area (Å²) in [5, 5.41) is 10.6. The van der Waals surface area contributed by atoms with Crippen LogP contribution >= 0.6 is 15.6 Å². The van der Waals surface area contributed by atoms with Crippen molar-refractivity contribution in [3.05, 3.63) is 0 Å². The monoisotopic (exact) mass is 1370 g/mol. The minimum atomic E-state index is -4.96. The van der Waals surface area contributed by atoms with Gasteiger partial charge in [0.15, 0.2) is 12.2 Å². The number of aliphatic hydroxyl groups is 1. The van der Waals surface area contributed by atoms with Crippen LogP contribution in [0.25, 0.3) is 0 Å². The molecule has 552 valence electrons. The van der Waals surface area contributed by atoms with E-state index in [1.807, 2.05) is 0 Å². The lowest BCUT2D eigenvalue weighted by Gasteiger charge is -2.21. The molecular weight excluding hydrogens is 1220 g/mol. The lowest BCUT2D eigenvalue weighted by Crippen LogP contribution is -2.30. The Morgan fingerprint density at radius 1 is 0.301 bits per heavy atom. The zero-order valence-electron chi connectivity index (χ0n) is 60.9. The molecule has 0 bridgehead atoms. The molecule has 0 saturated heterocycles. The third-order valence-electron chi connectivity index (χ3n) is 17.4. The van der Waals surface area contributed by atoms with Crippen molar-refractivity contribution in [3.63, 3.8) is 0 Å². The van der Waals surface area contributed by atoms with Gasteiger partial charge in [0.1, 0.15) is 19.3 Å². The van der Waals surface area contributed by atoms with E-state index < -0.39 is 97.5 Å². The normalized spacial score (nSPS) is 14.5. The highest BCUT2D eigenvalue weighted by Crippen LogP contribution is 2.45. The molecule has 0 aromatic carbocycles. The van der Waals surface area contributed by atoms with Crippen LogP contribution in [0.5, 0.6) is 0 Å². The van der Waals surface area contributed by atoms with Crippen molar-refractivity contribution in [2.24, 2.45) is 23.7 Å². The number of rotatable bonds is 71. The van der Waals surface area contributed by atoms with Gasteiger partial charge in [0, 0.05) is 25.7 Å². The Hall–Kier alpha value is -1.94. The van der Waals surface area contributed by atoms with Crippen LogP contribution in [-0.4, -0.2) is 96.7 Å². The van der Waals surface area contributed by atoms with Crippen molar-refractivity contribution in [2.75, 3.05) is 39.6 Å². The zero-order chi connectivity index (χ0) is 68.9. The van der Waals surface area contributed by atoms with E-state index in [1.54, 1.807) is 0 Å². The van der Waals surface area contributed by atoms with Gasteiger partial charge in [-0.1, -0.05) is 319 Å². The fraction of sp³-hybridized carbons (Fsp3) is 0.946. The summed E-state index contributed by atoms with van der Waals surface area (Å²) < 4.78 is 68.4. The number of ether oxygens (including phenoxy) is 4. The number of carbonyl (C=O) groups is 4. The van der Waals surface area contributed by atoms with Gasteiger partial charge in [0.25, 0.3) is 0 Å². The number of aliphatic hydroxyl groups excluding tert-OH is 1. The van der Waals surface area contributed by atoms with Gasteiger partial charge in [-0.25, -0.2) is 9.13 Å². The van der Waals surface area contributed by atoms with E-state index in [0.29, 0.717) is 25.7 Å². The summed E-state index contributed by atoms with van der Waals surface area (Å²) >= 11 is 0. The summed E-state index contributed by atoms with van der Waals surface area (Å²) in [6.45, 7) is 14.1. The molecule has 0 aromatic heterocycles.